The van der Waals surface area contributed by atoms with Gasteiger partial charge in [-0.3, -0.25) is 14.0 Å². The highest BCUT2D eigenvalue weighted by molar-refractivity contribution is 7.99. The number of aliphatic carboxylic acids is 1. The summed E-state index contributed by atoms with van der Waals surface area (Å²) in [5.41, 5.74) is 0.925. The van der Waals surface area contributed by atoms with E-state index in [2.05, 4.69) is 15.3 Å². The van der Waals surface area contributed by atoms with Crippen LogP contribution in [-0.4, -0.2) is 46.5 Å². The van der Waals surface area contributed by atoms with E-state index in [0.717, 1.165) is 17.3 Å². The van der Waals surface area contributed by atoms with E-state index < -0.39 is 5.97 Å². The van der Waals surface area contributed by atoms with Crippen molar-refractivity contribution in [1.29, 1.82) is 0 Å². The summed E-state index contributed by atoms with van der Waals surface area (Å²) in [7, 11) is 1.81. The topological polar surface area (TPSA) is 106 Å². The third-order valence-corrected chi connectivity index (χ3v) is 3.31. The Kier molecular flexibility index (Phi) is 4.17. The molecule has 2 aromatic heterocycles. The molecule has 19 heavy (non-hydrogen) atoms. The van der Waals surface area contributed by atoms with Crippen molar-refractivity contribution in [1.82, 2.24) is 24.5 Å². The molecule has 0 saturated heterocycles. The summed E-state index contributed by atoms with van der Waals surface area (Å²) >= 11 is 1.07. The minimum atomic E-state index is -0.925. The molecule has 0 bridgehead atoms. The highest BCUT2D eigenvalue weighted by Gasteiger charge is 2.14. The number of aromatic nitrogens is 5. The van der Waals surface area contributed by atoms with E-state index in [0.29, 0.717) is 17.5 Å². The van der Waals surface area contributed by atoms with Crippen molar-refractivity contribution in [3.63, 3.8) is 0 Å². The van der Waals surface area contributed by atoms with E-state index in [1.54, 1.807) is 15.4 Å². The Labute approximate surface area is 113 Å². The van der Waals surface area contributed by atoms with Crippen LogP contribution < -0.4 is 0 Å². The van der Waals surface area contributed by atoms with Crippen LogP contribution in [0.3, 0.4) is 0 Å². The number of hydrogen-bond donors (Lipinski definition) is 2. The van der Waals surface area contributed by atoms with E-state index in [4.69, 9.17) is 5.11 Å². The average molecular weight is 283 g/mol. The highest BCUT2D eigenvalue weighted by atomic mass is 32.2. The zero-order chi connectivity index (χ0) is 13.8. The Bertz CT molecular complexity index is 579. The van der Waals surface area contributed by atoms with Crippen LogP contribution in [0.2, 0.25) is 0 Å². The Hall–Kier alpha value is -1.87. The van der Waals surface area contributed by atoms with Gasteiger partial charge in [0.25, 0.3) is 0 Å². The van der Waals surface area contributed by atoms with Crippen molar-refractivity contribution in [3.05, 3.63) is 23.8 Å². The number of rotatable bonds is 6. The third kappa shape index (κ3) is 3.32. The number of carboxylic acid groups (broad SMARTS) is 1. The smallest absolute Gasteiger partial charge is 0.313 e. The summed E-state index contributed by atoms with van der Waals surface area (Å²) < 4.78 is 3.35. The van der Waals surface area contributed by atoms with Gasteiger partial charge in [-0.1, -0.05) is 11.8 Å². The van der Waals surface area contributed by atoms with Crippen LogP contribution in [0.25, 0.3) is 0 Å². The lowest BCUT2D eigenvalue weighted by Gasteiger charge is -2.06. The van der Waals surface area contributed by atoms with Gasteiger partial charge in [0, 0.05) is 18.8 Å². The molecule has 0 radical (unpaired) electrons. The molecule has 2 aromatic rings. The van der Waals surface area contributed by atoms with Crippen LogP contribution in [0.1, 0.15) is 11.4 Å². The molecule has 102 valence electrons. The lowest BCUT2D eigenvalue weighted by molar-refractivity contribution is -0.133. The minimum Gasteiger partial charge on any atom is -0.481 e. The van der Waals surface area contributed by atoms with Crippen molar-refractivity contribution in [2.24, 2.45) is 7.05 Å². The van der Waals surface area contributed by atoms with Crippen molar-refractivity contribution >= 4 is 17.7 Å². The summed E-state index contributed by atoms with van der Waals surface area (Å²) in [5, 5.41) is 30.2. The summed E-state index contributed by atoms with van der Waals surface area (Å²) in [5.74, 6) is -0.625. The van der Waals surface area contributed by atoms with Gasteiger partial charge < -0.3 is 10.2 Å². The molecule has 0 spiro atoms. The molecule has 0 aromatic carbocycles. The SMILES string of the molecule is Cn1cc(Cn2c(CO)nnc2SCC(=O)O)cn1. The monoisotopic (exact) mass is 283 g/mol. The van der Waals surface area contributed by atoms with Gasteiger partial charge in [-0.2, -0.15) is 5.10 Å². The van der Waals surface area contributed by atoms with Crippen molar-refractivity contribution < 1.29 is 15.0 Å². The van der Waals surface area contributed by atoms with Gasteiger partial charge in [-0.15, -0.1) is 10.2 Å². The Morgan fingerprint density at radius 2 is 2.26 bits per heavy atom. The second-order valence-electron chi connectivity index (χ2n) is 3.85. The molecule has 0 aliphatic heterocycles. The van der Waals surface area contributed by atoms with Gasteiger partial charge in [-0.05, 0) is 0 Å². The van der Waals surface area contributed by atoms with Crippen LogP contribution in [-0.2, 0) is 25.0 Å². The molecule has 8 nitrogen and oxygen atoms in total. The largest absolute Gasteiger partial charge is 0.481 e. The minimum absolute atomic E-state index is 0.101. The number of aryl methyl sites for hydroxylation is 1. The van der Waals surface area contributed by atoms with Gasteiger partial charge in [0.2, 0.25) is 0 Å². The molecule has 0 atom stereocenters. The maximum Gasteiger partial charge on any atom is 0.313 e. The third-order valence-electron chi connectivity index (χ3n) is 2.36. The first-order valence-electron chi connectivity index (χ1n) is 5.45. The van der Waals surface area contributed by atoms with Crippen LogP contribution in [0, 0.1) is 0 Å². The first kappa shape index (κ1) is 13.6. The number of carbonyl (C=O) groups is 1. The maximum atomic E-state index is 10.6. The summed E-state index contributed by atoms with van der Waals surface area (Å²) in [4.78, 5) is 10.6. The van der Waals surface area contributed by atoms with E-state index in [1.165, 1.54) is 0 Å². The molecule has 0 aliphatic rings. The van der Waals surface area contributed by atoms with Crippen LogP contribution in [0.5, 0.6) is 0 Å². The Morgan fingerprint density at radius 3 is 2.84 bits per heavy atom. The van der Waals surface area contributed by atoms with Gasteiger partial charge in [0.1, 0.15) is 6.61 Å². The fraction of sp³-hybridized carbons (Fsp3) is 0.400. The molecule has 0 unspecified atom stereocenters. The van der Waals surface area contributed by atoms with E-state index in [9.17, 15) is 9.90 Å². The molecule has 0 amide bonds. The van der Waals surface area contributed by atoms with Crippen molar-refractivity contribution in [2.45, 2.75) is 18.3 Å². The molecule has 2 heterocycles. The average Bonchev–Trinajstić information content (AvgIpc) is 2.94. The summed E-state index contributed by atoms with van der Waals surface area (Å²) in [6.45, 7) is 0.194. The molecular weight excluding hydrogens is 270 g/mol. The van der Waals surface area contributed by atoms with Crippen LogP contribution >= 0.6 is 11.8 Å². The standard InChI is InChI=1S/C10H13N5O3S/c1-14-3-7(2-11-14)4-15-8(5-16)12-13-10(15)19-6-9(17)18/h2-3,16H,4-6H2,1H3,(H,17,18). The molecule has 0 fully saturated rings. The first-order valence-corrected chi connectivity index (χ1v) is 6.43. The van der Waals surface area contributed by atoms with Gasteiger partial charge in [0.05, 0.1) is 18.5 Å². The van der Waals surface area contributed by atoms with E-state index >= 15 is 0 Å². The highest BCUT2D eigenvalue weighted by Crippen LogP contribution is 2.18. The molecule has 0 saturated carbocycles. The molecule has 2 rings (SSSR count). The normalized spacial score (nSPS) is 10.8. The fourth-order valence-corrected chi connectivity index (χ4v) is 2.24. The lowest BCUT2D eigenvalue weighted by atomic mass is 10.3. The lowest BCUT2D eigenvalue weighted by Crippen LogP contribution is -2.07. The number of thioether (sulfide) groups is 1. The number of nitrogens with zero attached hydrogens (tertiary/aromatic N) is 5. The second kappa shape index (κ2) is 5.85. The Balaban J connectivity index is 2.20. The fourth-order valence-electron chi connectivity index (χ4n) is 1.56. The van der Waals surface area contributed by atoms with E-state index in [-0.39, 0.29) is 12.4 Å². The Morgan fingerprint density at radius 1 is 1.47 bits per heavy atom. The van der Waals surface area contributed by atoms with Crippen LogP contribution in [0.4, 0.5) is 0 Å². The first-order chi connectivity index (χ1) is 9.10. The van der Waals surface area contributed by atoms with Gasteiger partial charge >= 0.3 is 5.97 Å². The van der Waals surface area contributed by atoms with Crippen molar-refractivity contribution in [3.8, 4) is 0 Å². The maximum absolute atomic E-state index is 10.6. The predicted octanol–water partition coefficient (Wildman–Crippen LogP) is -0.271. The number of aliphatic hydroxyl groups is 1. The zero-order valence-corrected chi connectivity index (χ0v) is 11.0. The van der Waals surface area contributed by atoms with Crippen LogP contribution in [0.15, 0.2) is 17.6 Å². The summed E-state index contributed by atoms with van der Waals surface area (Å²) in [6, 6.07) is 0. The van der Waals surface area contributed by atoms with Gasteiger partial charge in [-0.25, -0.2) is 0 Å². The summed E-state index contributed by atoms with van der Waals surface area (Å²) in [6.07, 6.45) is 3.54. The quantitative estimate of drug-likeness (QED) is 0.703. The number of aliphatic hydroxyl groups excluding tert-OH is 1. The molecule has 9 heteroatoms. The van der Waals surface area contributed by atoms with Gasteiger partial charge in [0.15, 0.2) is 11.0 Å². The van der Waals surface area contributed by atoms with E-state index in [1.807, 2.05) is 13.2 Å². The number of carboxylic acids is 1. The predicted molar refractivity (Wildman–Crippen MR) is 66.6 cm³/mol. The second-order valence-corrected chi connectivity index (χ2v) is 4.79. The molecule has 2 N–H and O–H groups in total. The molecule has 0 aliphatic carbocycles. The number of hydrogen-bond acceptors (Lipinski definition) is 6. The van der Waals surface area contributed by atoms with Crippen molar-refractivity contribution in [2.75, 3.05) is 5.75 Å². The zero-order valence-electron chi connectivity index (χ0n) is 10.2. The molecular formula is C10H13N5O3S.